The van der Waals surface area contributed by atoms with Gasteiger partial charge in [0.15, 0.2) is 5.84 Å². The van der Waals surface area contributed by atoms with Crippen molar-refractivity contribution in [1.82, 2.24) is 5.32 Å². The Morgan fingerprint density at radius 1 is 1.57 bits per heavy atom. The largest absolute Gasteiger partial charge is 0.409 e. The minimum Gasteiger partial charge on any atom is -0.409 e. The number of nitrogens with zero attached hydrogens (tertiary/aromatic N) is 1. The highest BCUT2D eigenvalue weighted by molar-refractivity contribution is 5.85. The average Bonchev–Trinajstić information content (AvgIpc) is 2.21. The third-order valence-corrected chi connectivity index (χ3v) is 2.16. The van der Waals surface area contributed by atoms with Crippen molar-refractivity contribution in [2.45, 2.75) is 45.2 Å². The van der Waals surface area contributed by atoms with Gasteiger partial charge in [-0.25, -0.2) is 0 Å². The zero-order valence-corrected chi connectivity index (χ0v) is 8.90. The molecule has 0 rings (SSSR count). The van der Waals surface area contributed by atoms with Crippen LogP contribution < -0.4 is 11.1 Å². The third-order valence-electron chi connectivity index (χ3n) is 2.16. The van der Waals surface area contributed by atoms with Gasteiger partial charge >= 0.3 is 0 Å². The summed E-state index contributed by atoms with van der Waals surface area (Å²) in [5.41, 5.74) is 5.49. The summed E-state index contributed by atoms with van der Waals surface area (Å²) in [4.78, 5) is 0. The van der Waals surface area contributed by atoms with Crippen molar-refractivity contribution < 1.29 is 10.3 Å². The Bertz CT molecular complexity index is 173. The van der Waals surface area contributed by atoms with Gasteiger partial charge in [-0.05, 0) is 26.2 Å². The van der Waals surface area contributed by atoms with Crippen molar-refractivity contribution in [2.24, 2.45) is 10.9 Å². The predicted molar refractivity (Wildman–Crippen MR) is 56.4 cm³/mol. The first-order valence-electron chi connectivity index (χ1n) is 5.00. The monoisotopic (exact) mass is 203 g/mol. The van der Waals surface area contributed by atoms with Crippen molar-refractivity contribution in [2.75, 3.05) is 6.61 Å². The number of nitrogens with one attached hydrogen (secondary N) is 1. The highest BCUT2D eigenvalue weighted by atomic mass is 16.4. The number of hydrogen-bond donors (Lipinski definition) is 4. The molecule has 0 heterocycles. The van der Waals surface area contributed by atoms with Gasteiger partial charge in [0.1, 0.15) is 0 Å². The van der Waals surface area contributed by atoms with Crippen LogP contribution in [0.1, 0.15) is 33.1 Å². The van der Waals surface area contributed by atoms with Crippen LogP contribution >= 0.6 is 0 Å². The van der Waals surface area contributed by atoms with E-state index in [2.05, 4.69) is 10.5 Å². The minimum absolute atomic E-state index is 0.0892. The molecule has 5 N–H and O–H groups in total. The van der Waals surface area contributed by atoms with Crippen LogP contribution in [-0.2, 0) is 0 Å². The van der Waals surface area contributed by atoms with Crippen molar-refractivity contribution in [3.05, 3.63) is 0 Å². The van der Waals surface area contributed by atoms with Crippen LogP contribution in [0.15, 0.2) is 5.16 Å². The summed E-state index contributed by atoms with van der Waals surface area (Å²) in [6, 6.07) is 0.168. The average molecular weight is 203 g/mol. The molecule has 0 aromatic carbocycles. The molecule has 0 fully saturated rings. The lowest BCUT2D eigenvalue weighted by molar-refractivity contribution is 0.274. The normalized spacial score (nSPS) is 16.6. The summed E-state index contributed by atoms with van der Waals surface area (Å²) in [5, 5.41) is 23.4. The van der Waals surface area contributed by atoms with Gasteiger partial charge in [-0.3, -0.25) is 0 Å². The molecule has 0 spiro atoms. The van der Waals surface area contributed by atoms with Gasteiger partial charge in [0.05, 0.1) is 6.04 Å². The predicted octanol–water partition coefficient (Wildman–Crippen LogP) is 0.262. The van der Waals surface area contributed by atoms with Crippen LogP contribution in [-0.4, -0.2) is 34.8 Å². The molecule has 5 heteroatoms. The SMILES string of the molecule is CCC(NC(C)CCCO)C(N)=NO. The highest BCUT2D eigenvalue weighted by Crippen LogP contribution is 2.00. The molecule has 0 aliphatic heterocycles. The van der Waals surface area contributed by atoms with E-state index in [4.69, 9.17) is 16.0 Å². The molecular formula is C9H21N3O2. The minimum atomic E-state index is -0.0892. The maximum atomic E-state index is 8.65. The van der Waals surface area contributed by atoms with Gasteiger partial charge < -0.3 is 21.4 Å². The second kappa shape index (κ2) is 7.58. The van der Waals surface area contributed by atoms with Gasteiger partial charge in [0.25, 0.3) is 0 Å². The lowest BCUT2D eigenvalue weighted by Crippen LogP contribution is -2.45. The molecule has 2 unspecified atom stereocenters. The number of oxime groups is 1. The molecule has 0 saturated heterocycles. The van der Waals surface area contributed by atoms with E-state index in [0.29, 0.717) is 0 Å². The summed E-state index contributed by atoms with van der Waals surface area (Å²) in [6.45, 7) is 4.18. The van der Waals surface area contributed by atoms with E-state index in [0.717, 1.165) is 19.3 Å². The summed E-state index contributed by atoms with van der Waals surface area (Å²) >= 11 is 0. The van der Waals surface area contributed by atoms with Crippen molar-refractivity contribution in [3.8, 4) is 0 Å². The number of nitrogens with two attached hydrogens (primary N) is 1. The lowest BCUT2D eigenvalue weighted by Gasteiger charge is -2.20. The van der Waals surface area contributed by atoms with Crippen LogP contribution in [0.5, 0.6) is 0 Å². The van der Waals surface area contributed by atoms with Crippen LogP contribution in [0.25, 0.3) is 0 Å². The van der Waals surface area contributed by atoms with Crippen molar-refractivity contribution >= 4 is 5.84 Å². The number of hydrogen-bond acceptors (Lipinski definition) is 4. The fourth-order valence-electron chi connectivity index (χ4n) is 1.31. The van der Waals surface area contributed by atoms with E-state index < -0.39 is 0 Å². The Hall–Kier alpha value is -0.810. The molecule has 0 bridgehead atoms. The molecule has 0 radical (unpaired) electrons. The van der Waals surface area contributed by atoms with E-state index in [-0.39, 0.29) is 24.5 Å². The molecule has 0 amide bonds. The second-order valence-electron chi connectivity index (χ2n) is 3.42. The first kappa shape index (κ1) is 13.2. The number of aliphatic hydroxyl groups excluding tert-OH is 1. The van der Waals surface area contributed by atoms with Crippen LogP contribution in [0.3, 0.4) is 0 Å². The molecule has 0 aliphatic carbocycles. The second-order valence-corrected chi connectivity index (χ2v) is 3.42. The topological polar surface area (TPSA) is 90.9 Å². The molecule has 84 valence electrons. The number of rotatable bonds is 7. The molecule has 5 nitrogen and oxygen atoms in total. The van der Waals surface area contributed by atoms with Gasteiger partial charge in [0, 0.05) is 12.6 Å². The van der Waals surface area contributed by atoms with E-state index in [1.807, 2.05) is 13.8 Å². The maximum absolute atomic E-state index is 8.65. The van der Waals surface area contributed by atoms with E-state index >= 15 is 0 Å². The molecule has 0 saturated carbocycles. The smallest absolute Gasteiger partial charge is 0.156 e. The zero-order chi connectivity index (χ0) is 11.0. The van der Waals surface area contributed by atoms with Gasteiger partial charge in [0.2, 0.25) is 0 Å². The summed E-state index contributed by atoms with van der Waals surface area (Å²) < 4.78 is 0. The van der Waals surface area contributed by atoms with E-state index in [1.54, 1.807) is 0 Å². The zero-order valence-electron chi connectivity index (χ0n) is 8.90. The van der Waals surface area contributed by atoms with Crippen LogP contribution in [0.2, 0.25) is 0 Å². The number of amidine groups is 1. The fraction of sp³-hybridized carbons (Fsp3) is 0.889. The fourth-order valence-corrected chi connectivity index (χ4v) is 1.31. The molecule has 2 atom stereocenters. The molecule has 0 aliphatic rings. The Labute approximate surface area is 85.0 Å². The van der Waals surface area contributed by atoms with Gasteiger partial charge in [-0.15, -0.1) is 0 Å². The molecule has 0 aromatic rings. The maximum Gasteiger partial charge on any atom is 0.156 e. The highest BCUT2D eigenvalue weighted by Gasteiger charge is 2.13. The van der Waals surface area contributed by atoms with E-state index in [1.165, 1.54) is 0 Å². The van der Waals surface area contributed by atoms with Crippen molar-refractivity contribution in [3.63, 3.8) is 0 Å². The Balaban J connectivity index is 3.92. The summed E-state index contributed by atoms with van der Waals surface area (Å²) in [7, 11) is 0. The number of aliphatic hydroxyl groups is 1. The lowest BCUT2D eigenvalue weighted by atomic mass is 10.1. The summed E-state index contributed by atoms with van der Waals surface area (Å²) in [6.07, 6.45) is 2.42. The Kier molecular flexibility index (Phi) is 7.14. The first-order chi connectivity index (χ1) is 6.65. The molecule has 14 heavy (non-hydrogen) atoms. The quantitative estimate of drug-likeness (QED) is 0.207. The molecule has 0 aromatic heterocycles. The summed E-state index contributed by atoms with van der Waals surface area (Å²) in [5.74, 6) is 0.211. The van der Waals surface area contributed by atoms with Gasteiger partial charge in [-0.2, -0.15) is 0 Å². The Morgan fingerprint density at radius 2 is 2.21 bits per heavy atom. The van der Waals surface area contributed by atoms with Gasteiger partial charge in [-0.1, -0.05) is 12.1 Å². The van der Waals surface area contributed by atoms with E-state index in [9.17, 15) is 0 Å². The van der Waals surface area contributed by atoms with Crippen LogP contribution in [0, 0.1) is 0 Å². The third kappa shape index (κ3) is 5.04. The van der Waals surface area contributed by atoms with Crippen LogP contribution in [0.4, 0.5) is 0 Å². The standard InChI is InChI=1S/C9H21N3O2/c1-3-8(9(10)12-14)11-7(2)5-4-6-13/h7-8,11,13-14H,3-6H2,1-2H3,(H2,10,12). The first-order valence-corrected chi connectivity index (χ1v) is 5.00. The Morgan fingerprint density at radius 3 is 2.64 bits per heavy atom. The van der Waals surface area contributed by atoms with Crippen molar-refractivity contribution in [1.29, 1.82) is 0 Å². The molecular weight excluding hydrogens is 182 g/mol.